The Morgan fingerprint density at radius 3 is 2.74 bits per heavy atom. The van der Waals surface area contributed by atoms with Crippen LogP contribution in [0.15, 0.2) is 35.5 Å². The maximum Gasteiger partial charge on any atom is 0.312 e. The van der Waals surface area contributed by atoms with Gasteiger partial charge in [-0.3, -0.25) is 4.79 Å². The minimum absolute atomic E-state index is 0.0739. The number of hydrogen-bond acceptors (Lipinski definition) is 7. The van der Waals surface area contributed by atoms with Crippen LogP contribution in [-0.4, -0.2) is 47.5 Å². The van der Waals surface area contributed by atoms with E-state index in [1.165, 1.54) is 0 Å². The molecule has 0 saturated carbocycles. The zero-order valence-corrected chi connectivity index (χ0v) is 16.0. The molecule has 0 unspecified atom stereocenters. The fourth-order valence-electron chi connectivity index (χ4n) is 3.19. The first kappa shape index (κ1) is 19.8. The van der Waals surface area contributed by atoms with Gasteiger partial charge in [-0.15, -0.1) is 0 Å². The summed E-state index contributed by atoms with van der Waals surface area (Å²) in [4.78, 5) is 17.5. The van der Waals surface area contributed by atoms with E-state index in [2.05, 4.69) is 5.16 Å². The molecule has 2 heterocycles. The molecule has 3 rings (SSSR count). The van der Waals surface area contributed by atoms with Crippen molar-refractivity contribution in [2.45, 2.75) is 64.3 Å². The largest absolute Gasteiger partial charge is 0.460 e. The van der Waals surface area contributed by atoms with Gasteiger partial charge in [0, 0.05) is 5.92 Å². The summed E-state index contributed by atoms with van der Waals surface area (Å²) in [6, 6.07) is 9.68. The van der Waals surface area contributed by atoms with E-state index in [9.17, 15) is 9.90 Å². The number of esters is 1. The molecule has 148 valence electrons. The molecule has 4 atom stereocenters. The normalized spacial score (nSPS) is 27.9. The minimum Gasteiger partial charge on any atom is -0.460 e. The molecule has 1 aromatic carbocycles. The number of hydrogen-bond donors (Lipinski definition) is 1. The lowest BCUT2D eigenvalue weighted by molar-refractivity contribution is -0.273. The standard InChI is InChI=1S/C20H27NO6/c1-20(2,3)26-16(22)10-15-9-14-12-25-19(17(23)18(14)27-21-15)24-11-13-7-5-4-6-8-13/h4-8,14,17-19,23H,9-12H2,1-3H3/t14-,17+,18-,19+/m1/s1. The number of aliphatic hydroxyl groups excluding tert-OH is 1. The number of ether oxygens (including phenoxy) is 3. The van der Waals surface area contributed by atoms with Crippen molar-refractivity contribution in [1.29, 1.82) is 0 Å². The summed E-state index contributed by atoms with van der Waals surface area (Å²) in [5.74, 6) is -0.420. The number of carbonyl (C=O) groups excluding carboxylic acids is 1. The minimum atomic E-state index is -0.945. The maximum atomic E-state index is 12.0. The third-order valence-electron chi connectivity index (χ3n) is 4.38. The number of benzene rings is 1. The van der Waals surface area contributed by atoms with Gasteiger partial charge in [0.25, 0.3) is 0 Å². The van der Waals surface area contributed by atoms with E-state index in [0.717, 1.165) is 5.56 Å². The Morgan fingerprint density at radius 2 is 2.04 bits per heavy atom. The van der Waals surface area contributed by atoms with E-state index >= 15 is 0 Å². The van der Waals surface area contributed by atoms with E-state index < -0.39 is 24.1 Å². The smallest absolute Gasteiger partial charge is 0.312 e. The van der Waals surface area contributed by atoms with Crippen molar-refractivity contribution in [2.75, 3.05) is 6.61 Å². The second-order valence-electron chi connectivity index (χ2n) is 7.94. The second kappa shape index (κ2) is 8.37. The second-order valence-corrected chi connectivity index (χ2v) is 7.94. The first-order chi connectivity index (χ1) is 12.8. The lowest BCUT2D eigenvalue weighted by atomic mass is 9.89. The lowest BCUT2D eigenvalue weighted by Crippen LogP contribution is -2.53. The van der Waals surface area contributed by atoms with Crippen LogP contribution in [0.5, 0.6) is 0 Å². The predicted octanol–water partition coefficient (Wildman–Crippen LogP) is 2.41. The Balaban J connectivity index is 1.53. The van der Waals surface area contributed by atoms with Gasteiger partial charge in [0.1, 0.15) is 11.7 Å². The van der Waals surface area contributed by atoms with Crippen molar-refractivity contribution in [1.82, 2.24) is 0 Å². The third kappa shape index (κ3) is 5.51. The van der Waals surface area contributed by atoms with Gasteiger partial charge in [-0.2, -0.15) is 0 Å². The highest BCUT2D eigenvalue weighted by Crippen LogP contribution is 2.31. The van der Waals surface area contributed by atoms with Gasteiger partial charge in [-0.1, -0.05) is 35.5 Å². The van der Waals surface area contributed by atoms with Crippen LogP contribution < -0.4 is 0 Å². The zero-order valence-electron chi connectivity index (χ0n) is 16.0. The Kier molecular flexibility index (Phi) is 6.14. The van der Waals surface area contributed by atoms with Crippen molar-refractivity contribution in [3.05, 3.63) is 35.9 Å². The summed E-state index contributed by atoms with van der Waals surface area (Å²) in [5, 5.41) is 14.6. The number of aliphatic hydroxyl groups is 1. The van der Waals surface area contributed by atoms with Crippen molar-refractivity contribution in [3.8, 4) is 0 Å². The van der Waals surface area contributed by atoms with Crippen LogP contribution >= 0.6 is 0 Å². The number of carbonyl (C=O) groups is 1. The van der Waals surface area contributed by atoms with Crippen LogP contribution in [0.25, 0.3) is 0 Å². The predicted molar refractivity (Wildman–Crippen MR) is 97.9 cm³/mol. The highest BCUT2D eigenvalue weighted by Gasteiger charge is 2.44. The summed E-state index contributed by atoms with van der Waals surface area (Å²) in [6.07, 6.45) is -1.63. The third-order valence-corrected chi connectivity index (χ3v) is 4.38. The van der Waals surface area contributed by atoms with E-state index in [1.54, 1.807) is 0 Å². The highest BCUT2D eigenvalue weighted by atomic mass is 16.7. The van der Waals surface area contributed by atoms with E-state index in [-0.39, 0.29) is 18.3 Å². The van der Waals surface area contributed by atoms with Crippen molar-refractivity contribution in [3.63, 3.8) is 0 Å². The van der Waals surface area contributed by atoms with Crippen LogP contribution in [0.2, 0.25) is 0 Å². The molecule has 2 aliphatic rings. The summed E-state index contributed by atoms with van der Waals surface area (Å²) in [7, 11) is 0. The first-order valence-corrected chi connectivity index (χ1v) is 9.20. The summed E-state index contributed by atoms with van der Waals surface area (Å²) < 4.78 is 16.7. The van der Waals surface area contributed by atoms with Crippen molar-refractivity contribution < 1.29 is 28.9 Å². The first-order valence-electron chi connectivity index (χ1n) is 9.20. The quantitative estimate of drug-likeness (QED) is 0.793. The summed E-state index contributed by atoms with van der Waals surface area (Å²) >= 11 is 0. The molecule has 7 nitrogen and oxygen atoms in total. The molecular weight excluding hydrogens is 350 g/mol. The van der Waals surface area contributed by atoms with Crippen LogP contribution in [0.3, 0.4) is 0 Å². The molecule has 27 heavy (non-hydrogen) atoms. The summed E-state index contributed by atoms with van der Waals surface area (Å²) in [6.45, 7) is 6.17. The van der Waals surface area contributed by atoms with E-state index in [0.29, 0.717) is 25.3 Å². The van der Waals surface area contributed by atoms with Gasteiger partial charge in [0.05, 0.1) is 25.3 Å². The number of fused-ring (bicyclic) bond motifs is 1. The summed E-state index contributed by atoms with van der Waals surface area (Å²) in [5.41, 5.74) is 1.06. The topological polar surface area (TPSA) is 86.6 Å². The Morgan fingerprint density at radius 1 is 1.30 bits per heavy atom. The molecule has 0 aliphatic carbocycles. The van der Waals surface area contributed by atoms with E-state index in [4.69, 9.17) is 19.0 Å². The number of nitrogens with zero attached hydrogens (tertiary/aromatic N) is 1. The molecule has 0 spiro atoms. The van der Waals surface area contributed by atoms with E-state index in [1.807, 2.05) is 51.1 Å². The molecule has 1 saturated heterocycles. The molecule has 1 fully saturated rings. The Hall–Kier alpha value is -1.96. The number of rotatable bonds is 5. The monoisotopic (exact) mass is 377 g/mol. The van der Waals surface area contributed by atoms with Crippen LogP contribution in [0.4, 0.5) is 0 Å². The highest BCUT2D eigenvalue weighted by molar-refractivity contribution is 5.99. The molecule has 0 bridgehead atoms. The van der Waals surface area contributed by atoms with Crippen LogP contribution in [0, 0.1) is 5.92 Å². The fourth-order valence-corrected chi connectivity index (χ4v) is 3.19. The van der Waals surface area contributed by atoms with Gasteiger partial charge in [0.2, 0.25) is 0 Å². The zero-order chi connectivity index (χ0) is 19.4. The SMILES string of the molecule is CC(C)(C)OC(=O)CC1=NO[C@@H]2[C@@H](CO[C@H](OCc3ccccc3)[C@H]2O)C1. The number of oxime groups is 1. The Bertz CT molecular complexity index is 669. The molecule has 7 heteroatoms. The van der Waals surface area contributed by atoms with Crippen LogP contribution in [0.1, 0.15) is 39.2 Å². The van der Waals surface area contributed by atoms with Crippen LogP contribution in [-0.2, 0) is 30.4 Å². The van der Waals surface area contributed by atoms with Gasteiger partial charge in [-0.05, 0) is 32.8 Å². The van der Waals surface area contributed by atoms with Gasteiger partial charge >= 0.3 is 5.97 Å². The molecule has 1 N–H and O–H groups in total. The fraction of sp³-hybridized carbons (Fsp3) is 0.600. The van der Waals surface area contributed by atoms with Gasteiger partial charge in [-0.25, -0.2) is 0 Å². The average molecular weight is 377 g/mol. The molecule has 2 aliphatic heterocycles. The average Bonchev–Trinajstić information content (AvgIpc) is 2.60. The molecule has 0 amide bonds. The maximum absolute atomic E-state index is 12.0. The molecule has 1 aromatic rings. The Labute approximate surface area is 159 Å². The molecule has 0 aromatic heterocycles. The van der Waals surface area contributed by atoms with Crippen molar-refractivity contribution >= 4 is 11.7 Å². The molecular formula is C20H27NO6. The lowest BCUT2D eigenvalue weighted by Gasteiger charge is -2.40. The van der Waals surface area contributed by atoms with Gasteiger partial charge in [0.15, 0.2) is 12.4 Å². The van der Waals surface area contributed by atoms with Gasteiger partial charge < -0.3 is 24.2 Å². The van der Waals surface area contributed by atoms with Crippen molar-refractivity contribution in [2.24, 2.45) is 11.1 Å². The molecule has 0 radical (unpaired) electrons.